The van der Waals surface area contributed by atoms with Crippen molar-refractivity contribution in [3.63, 3.8) is 0 Å². The monoisotopic (exact) mass is 214 g/mol. The van der Waals surface area contributed by atoms with Gasteiger partial charge in [0.25, 0.3) is 0 Å². The molecule has 1 amide bonds. The summed E-state index contributed by atoms with van der Waals surface area (Å²) in [7, 11) is 0. The molecular weight excluding hydrogens is 204 g/mol. The molecule has 0 aliphatic heterocycles. The molecule has 0 bridgehead atoms. The van der Waals surface area contributed by atoms with Gasteiger partial charge >= 0.3 is 0 Å². The first-order valence-electron chi connectivity index (χ1n) is 4.82. The molecule has 0 atom stereocenters. The SMILES string of the molecule is Cc1nc2ccc(NC(=O)CC#N)cc2[nH]1. The molecule has 5 heteroatoms. The zero-order chi connectivity index (χ0) is 11.5. The molecule has 0 fully saturated rings. The Morgan fingerprint density at radius 2 is 2.44 bits per heavy atom. The summed E-state index contributed by atoms with van der Waals surface area (Å²) in [5, 5.41) is 11.0. The molecule has 0 aliphatic carbocycles. The number of H-pyrrole nitrogens is 1. The largest absolute Gasteiger partial charge is 0.342 e. The van der Waals surface area contributed by atoms with Crippen molar-refractivity contribution in [3.8, 4) is 6.07 Å². The van der Waals surface area contributed by atoms with Gasteiger partial charge in [-0.2, -0.15) is 5.26 Å². The van der Waals surface area contributed by atoms with Crippen LogP contribution in [0.2, 0.25) is 0 Å². The summed E-state index contributed by atoms with van der Waals surface area (Å²) in [6, 6.07) is 7.18. The lowest BCUT2D eigenvalue weighted by Crippen LogP contribution is -2.09. The Bertz CT molecular complexity index is 579. The number of carbonyl (C=O) groups excluding carboxylic acids is 1. The smallest absolute Gasteiger partial charge is 0.238 e. The molecule has 0 saturated carbocycles. The van der Waals surface area contributed by atoms with E-state index in [4.69, 9.17) is 5.26 Å². The Hall–Kier alpha value is -2.35. The zero-order valence-electron chi connectivity index (χ0n) is 8.74. The van der Waals surface area contributed by atoms with Gasteiger partial charge in [0, 0.05) is 5.69 Å². The number of hydrogen-bond donors (Lipinski definition) is 2. The highest BCUT2D eigenvalue weighted by Gasteiger charge is 2.03. The molecule has 16 heavy (non-hydrogen) atoms. The molecule has 80 valence electrons. The van der Waals surface area contributed by atoms with Crippen molar-refractivity contribution in [3.05, 3.63) is 24.0 Å². The van der Waals surface area contributed by atoms with Gasteiger partial charge in [-0.1, -0.05) is 0 Å². The van der Waals surface area contributed by atoms with Crippen molar-refractivity contribution in [2.45, 2.75) is 13.3 Å². The number of amides is 1. The van der Waals surface area contributed by atoms with Crippen LogP contribution in [0.25, 0.3) is 11.0 Å². The summed E-state index contributed by atoms with van der Waals surface area (Å²) in [4.78, 5) is 18.5. The first-order chi connectivity index (χ1) is 7.69. The van der Waals surface area contributed by atoms with Crippen LogP contribution < -0.4 is 5.32 Å². The highest BCUT2D eigenvalue weighted by Crippen LogP contribution is 2.17. The molecular formula is C11H10N4O. The number of anilines is 1. The normalized spacial score (nSPS) is 10.0. The van der Waals surface area contributed by atoms with Crippen molar-refractivity contribution in [2.24, 2.45) is 0 Å². The Morgan fingerprint density at radius 3 is 3.19 bits per heavy atom. The van der Waals surface area contributed by atoms with Crippen LogP contribution in [0.1, 0.15) is 12.2 Å². The topological polar surface area (TPSA) is 81.6 Å². The van der Waals surface area contributed by atoms with E-state index in [9.17, 15) is 4.79 Å². The number of imidazole rings is 1. The number of aromatic amines is 1. The van der Waals surface area contributed by atoms with Gasteiger partial charge in [-0.25, -0.2) is 4.98 Å². The molecule has 0 unspecified atom stereocenters. The van der Waals surface area contributed by atoms with E-state index in [0.717, 1.165) is 16.9 Å². The lowest BCUT2D eigenvalue weighted by Gasteiger charge is -2.01. The van der Waals surface area contributed by atoms with Crippen LogP contribution in [0.15, 0.2) is 18.2 Å². The summed E-state index contributed by atoms with van der Waals surface area (Å²) in [6.07, 6.45) is -0.139. The Kier molecular flexibility index (Phi) is 2.56. The Morgan fingerprint density at radius 1 is 1.62 bits per heavy atom. The zero-order valence-corrected chi connectivity index (χ0v) is 8.74. The van der Waals surface area contributed by atoms with Gasteiger partial charge in [0.1, 0.15) is 12.2 Å². The summed E-state index contributed by atoms with van der Waals surface area (Å²) in [5.74, 6) is 0.522. The maximum absolute atomic E-state index is 11.2. The lowest BCUT2D eigenvalue weighted by atomic mass is 10.2. The van der Waals surface area contributed by atoms with Crippen LogP contribution >= 0.6 is 0 Å². The second kappa shape index (κ2) is 4.03. The second-order valence-electron chi connectivity index (χ2n) is 3.44. The molecule has 2 rings (SSSR count). The minimum absolute atomic E-state index is 0.139. The van der Waals surface area contributed by atoms with Gasteiger partial charge in [0.15, 0.2) is 0 Å². The van der Waals surface area contributed by atoms with Gasteiger partial charge in [-0.05, 0) is 25.1 Å². The van der Waals surface area contributed by atoms with Crippen LogP contribution in [0.5, 0.6) is 0 Å². The number of aromatic nitrogens is 2. The van der Waals surface area contributed by atoms with Crippen LogP contribution in [0, 0.1) is 18.3 Å². The van der Waals surface area contributed by atoms with E-state index in [0.29, 0.717) is 5.69 Å². The van der Waals surface area contributed by atoms with Crippen LogP contribution in [-0.2, 0) is 4.79 Å². The van der Waals surface area contributed by atoms with Gasteiger partial charge in [0.05, 0.1) is 17.1 Å². The number of benzene rings is 1. The minimum Gasteiger partial charge on any atom is -0.342 e. The molecule has 5 nitrogen and oxygen atoms in total. The van der Waals surface area contributed by atoms with E-state index in [-0.39, 0.29) is 12.3 Å². The first kappa shape index (κ1) is 10.2. The average molecular weight is 214 g/mol. The highest BCUT2D eigenvalue weighted by atomic mass is 16.1. The van der Waals surface area contributed by atoms with E-state index in [1.54, 1.807) is 18.2 Å². The maximum Gasteiger partial charge on any atom is 0.238 e. The minimum atomic E-state index is -0.307. The maximum atomic E-state index is 11.2. The second-order valence-corrected chi connectivity index (χ2v) is 3.44. The first-order valence-corrected chi connectivity index (χ1v) is 4.82. The molecule has 1 aromatic heterocycles. The number of rotatable bonds is 2. The quantitative estimate of drug-likeness (QED) is 0.798. The number of carbonyl (C=O) groups is 1. The number of nitriles is 1. The average Bonchev–Trinajstić information content (AvgIpc) is 2.57. The fraction of sp³-hybridized carbons (Fsp3) is 0.182. The van der Waals surface area contributed by atoms with Crippen molar-refractivity contribution in [1.29, 1.82) is 5.26 Å². The number of hydrogen-bond acceptors (Lipinski definition) is 3. The number of nitrogens with one attached hydrogen (secondary N) is 2. The standard InChI is InChI=1S/C11H10N4O/c1-7-13-9-3-2-8(6-10(9)14-7)15-11(16)4-5-12/h2-3,6H,4H2,1H3,(H,13,14)(H,15,16). The molecule has 0 aliphatic rings. The van der Waals surface area contributed by atoms with E-state index in [1.807, 2.05) is 13.0 Å². The van der Waals surface area contributed by atoms with Gasteiger partial charge in [-0.3, -0.25) is 4.79 Å². The molecule has 0 saturated heterocycles. The van der Waals surface area contributed by atoms with Crippen molar-refractivity contribution >= 4 is 22.6 Å². The lowest BCUT2D eigenvalue weighted by molar-refractivity contribution is -0.115. The van der Waals surface area contributed by atoms with Crippen LogP contribution in [0.3, 0.4) is 0 Å². The third-order valence-electron chi connectivity index (χ3n) is 2.12. The third-order valence-corrected chi connectivity index (χ3v) is 2.12. The van der Waals surface area contributed by atoms with Crippen LogP contribution in [-0.4, -0.2) is 15.9 Å². The van der Waals surface area contributed by atoms with E-state index in [1.165, 1.54) is 0 Å². The Labute approximate surface area is 92.1 Å². The van der Waals surface area contributed by atoms with Crippen LogP contribution in [0.4, 0.5) is 5.69 Å². The van der Waals surface area contributed by atoms with Gasteiger partial charge in [-0.15, -0.1) is 0 Å². The van der Waals surface area contributed by atoms with Crippen molar-refractivity contribution in [2.75, 3.05) is 5.32 Å². The fourth-order valence-corrected chi connectivity index (χ4v) is 1.49. The van der Waals surface area contributed by atoms with E-state index < -0.39 is 0 Å². The number of fused-ring (bicyclic) bond motifs is 1. The summed E-state index contributed by atoms with van der Waals surface area (Å²) in [5.41, 5.74) is 2.39. The number of aryl methyl sites for hydroxylation is 1. The van der Waals surface area contributed by atoms with Gasteiger partial charge in [0.2, 0.25) is 5.91 Å². The highest BCUT2D eigenvalue weighted by molar-refractivity contribution is 5.94. The third kappa shape index (κ3) is 2.01. The summed E-state index contributed by atoms with van der Waals surface area (Å²) < 4.78 is 0. The predicted octanol–water partition coefficient (Wildman–Crippen LogP) is 1.72. The predicted molar refractivity (Wildman–Crippen MR) is 59.7 cm³/mol. The van der Waals surface area contributed by atoms with Gasteiger partial charge < -0.3 is 10.3 Å². The van der Waals surface area contributed by atoms with Crippen molar-refractivity contribution < 1.29 is 4.79 Å². The molecule has 1 aromatic carbocycles. The molecule has 2 aromatic rings. The molecule has 0 radical (unpaired) electrons. The van der Waals surface area contributed by atoms with Crippen molar-refractivity contribution in [1.82, 2.24) is 9.97 Å². The summed E-state index contributed by atoms with van der Waals surface area (Å²) in [6.45, 7) is 1.87. The van der Waals surface area contributed by atoms with E-state index in [2.05, 4.69) is 15.3 Å². The van der Waals surface area contributed by atoms with E-state index >= 15 is 0 Å². The molecule has 1 heterocycles. The molecule has 2 N–H and O–H groups in total. The number of nitrogens with zero attached hydrogens (tertiary/aromatic N) is 2. The Balaban J connectivity index is 2.26. The fourth-order valence-electron chi connectivity index (χ4n) is 1.49. The summed E-state index contributed by atoms with van der Waals surface area (Å²) >= 11 is 0. The molecule has 0 spiro atoms.